The third-order valence-corrected chi connectivity index (χ3v) is 6.24. The molecule has 2 aromatic rings. The molecule has 106 valence electrons. The first-order chi connectivity index (χ1) is 9.84. The standard InChI is InChI=1S/C16H20N2S2/c1-18(15-11-19-8-9-20-12-15)10-14-5-2-4-13-6-3-7-17-16(13)14/h2-7,15H,8-12H2,1H3. The van der Waals surface area contributed by atoms with Gasteiger partial charge in [0.15, 0.2) is 0 Å². The first-order valence-corrected chi connectivity index (χ1v) is 9.34. The van der Waals surface area contributed by atoms with Crippen molar-refractivity contribution in [3.63, 3.8) is 0 Å². The van der Waals surface area contributed by atoms with Crippen molar-refractivity contribution in [3.8, 4) is 0 Å². The number of benzene rings is 1. The van der Waals surface area contributed by atoms with E-state index in [1.54, 1.807) is 0 Å². The maximum absolute atomic E-state index is 4.56. The Kier molecular flexibility index (Phi) is 4.86. The predicted molar refractivity (Wildman–Crippen MR) is 91.6 cm³/mol. The highest BCUT2D eigenvalue weighted by Crippen LogP contribution is 2.23. The number of fused-ring (bicyclic) bond motifs is 1. The van der Waals surface area contributed by atoms with Crippen molar-refractivity contribution in [2.45, 2.75) is 12.6 Å². The largest absolute Gasteiger partial charge is 0.297 e. The lowest BCUT2D eigenvalue weighted by Crippen LogP contribution is -2.35. The zero-order valence-corrected chi connectivity index (χ0v) is 13.4. The maximum atomic E-state index is 4.56. The van der Waals surface area contributed by atoms with Crippen molar-refractivity contribution < 1.29 is 0 Å². The summed E-state index contributed by atoms with van der Waals surface area (Å²) in [4.78, 5) is 7.06. The molecule has 0 bridgehead atoms. The molecular weight excluding hydrogens is 284 g/mol. The minimum Gasteiger partial charge on any atom is -0.297 e. The summed E-state index contributed by atoms with van der Waals surface area (Å²) in [5.41, 5.74) is 2.49. The Morgan fingerprint density at radius 3 is 2.70 bits per heavy atom. The average molecular weight is 304 g/mol. The molecule has 1 aromatic heterocycles. The van der Waals surface area contributed by atoms with Crippen LogP contribution in [-0.2, 0) is 6.54 Å². The van der Waals surface area contributed by atoms with Crippen molar-refractivity contribution in [2.75, 3.05) is 30.1 Å². The second kappa shape index (κ2) is 6.83. The molecule has 4 heteroatoms. The first-order valence-electron chi connectivity index (χ1n) is 7.03. The van der Waals surface area contributed by atoms with E-state index in [0.717, 1.165) is 12.1 Å². The number of hydrogen-bond donors (Lipinski definition) is 0. The molecule has 1 saturated heterocycles. The van der Waals surface area contributed by atoms with E-state index in [0.29, 0.717) is 6.04 Å². The van der Waals surface area contributed by atoms with Gasteiger partial charge in [-0.2, -0.15) is 23.5 Å². The third kappa shape index (κ3) is 3.30. The second-order valence-corrected chi connectivity index (χ2v) is 7.51. The Bertz CT molecular complexity index is 560. The highest BCUT2D eigenvalue weighted by atomic mass is 32.2. The Labute approximate surface area is 129 Å². The van der Waals surface area contributed by atoms with E-state index in [9.17, 15) is 0 Å². The third-order valence-electron chi connectivity index (χ3n) is 3.75. The molecule has 1 fully saturated rings. The normalized spacial score (nSPS) is 17.5. The highest BCUT2D eigenvalue weighted by molar-refractivity contribution is 8.03. The zero-order valence-electron chi connectivity index (χ0n) is 11.8. The lowest BCUT2D eigenvalue weighted by Gasteiger charge is -2.26. The van der Waals surface area contributed by atoms with Crippen molar-refractivity contribution in [1.29, 1.82) is 0 Å². The summed E-state index contributed by atoms with van der Waals surface area (Å²) < 4.78 is 0. The molecule has 0 spiro atoms. The minimum atomic E-state index is 0.673. The van der Waals surface area contributed by atoms with Gasteiger partial charge in [-0.05, 0) is 18.7 Å². The van der Waals surface area contributed by atoms with E-state index in [4.69, 9.17) is 0 Å². The van der Waals surface area contributed by atoms with Gasteiger partial charge in [-0.3, -0.25) is 9.88 Å². The molecule has 0 amide bonds. The van der Waals surface area contributed by atoms with Crippen LogP contribution in [0.3, 0.4) is 0 Å². The lowest BCUT2D eigenvalue weighted by molar-refractivity contribution is 0.274. The fourth-order valence-electron chi connectivity index (χ4n) is 2.55. The van der Waals surface area contributed by atoms with E-state index in [1.165, 1.54) is 34.0 Å². The average Bonchev–Trinajstić information content (AvgIpc) is 2.77. The van der Waals surface area contributed by atoms with Crippen LogP contribution in [0.5, 0.6) is 0 Å². The second-order valence-electron chi connectivity index (χ2n) is 5.21. The van der Waals surface area contributed by atoms with Gasteiger partial charge in [-0.25, -0.2) is 0 Å². The summed E-state index contributed by atoms with van der Waals surface area (Å²) in [5, 5.41) is 1.24. The van der Waals surface area contributed by atoms with Gasteiger partial charge >= 0.3 is 0 Å². The molecule has 0 aliphatic carbocycles. The van der Waals surface area contributed by atoms with Gasteiger partial charge < -0.3 is 0 Å². The Hall–Kier alpha value is -0.710. The molecule has 2 nitrogen and oxygen atoms in total. The molecule has 0 atom stereocenters. The van der Waals surface area contributed by atoms with Gasteiger partial charge in [-0.1, -0.05) is 24.3 Å². The Morgan fingerprint density at radius 2 is 1.90 bits per heavy atom. The van der Waals surface area contributed by atoms with E-state index < -0.39 is 0 Å². The highest BCUT2D eigenvalue weighted by Gasteiger charge is 2.18. The molecule has 20 heavy (non-hydrogen) atoms. The minimum absolute atomic E-state index is 0.673. The molecule has 0 radical (unpaired) electrons. The Balaban J connectivity index is 1.78. The van der Waals surface area contributed by atoms with Gasteiger partial charge in [0.2, 0.25) is 0 Å². The molecule has 0 saturated carbocycles. The van der Waals surface area contributed by atoms with E-state index in [2.05, 4.69) is 64.7 Å². The number of hydrogen-bond acceptors (Lipinski definition) is 4. The van der Waals surface area contributed by atoms with Crippen molar-refractivity contribution in [1.82, 2.24) is 9.88 Å². The van der Waals surface area contributed by atoms with Gasteiger partial charge in [0.1, 0.15) is 0 Å². The van der Waals surface area contributed by atoms with Crippen LogP contribution in [0.4, 0.5) is 0 Å². The molecule has 1 aliphatic rings. The number of aromatic nitrogens is 1. The van der Waals surface area contributed by atoms with E-state index >= 15 is 0 Å². The van der Waals surface area contributed by atoms with E-state index in [1.807, 2.05) is 12.3 Å². The van der Waals surface area contributed by atoms with Crippen molar-refractivity contribution >= 4 is 34.4 Å². The van der Waals surface area contributed by atoms with Gasteiger partial charge in [-0.15, -0.1) is 0 Å². The summed E-state index contributed by atoms with van der Waals surface area (Å²) in [6, 6.07) is 11.3. The van der Waals surface area contributed by atoms with Crippen LogP contribution < -0.4 is 0 Å². The van der Waals surface area contributed by atoms with Crippen LogP contribution in [0, 0.1) is 0 Å². The molecule has 1 aromatic carbocycles. The predicted octanol–water partition coefficient (Wildman–Crippen LogP) is 3.52. The number of thioether (sulfide) groups is 2. The van der Waals surface area contributed by atoms with Crippen LogP contribution >= 0.6 is 23.5 Å². The summed E-state index contributed by atoms with van der Waals surface area (Å²) in [6.45, 7) is 0.986. The van der Waals surface area contributed by atoms with Gasteiger partial charge in [0.25, 0.3) is 0 Å². The van der Waals surface area contributed by atoms with E-state index in [-0.39, 0.29) is 0 Å². The number of nitrogens with zero attached hydrogens (tertiary/aromatic N) is 2. The van der Waals surface area contributed by atoms with Crippen molar-refractivity contribution in [3.05, 3.63) is 42.1 Å². The number of rotatable bonds is 3. The van der Waals surface area contributed by atoms with Gasteiger partial charge in [0, 0.05) is 47.2 Å². The number of pyridine rings is 1. The summed E-state index contributed by atoms with van der Waals surface area (Å²) in [5.74, 6) is 5.10. The molecule has 3 rings (SSSR count). The van der Waals surface area contributed by atoms with Crippen LogP contribution in [0.2, 0.25) is 0 Å². The molecule has 0 N–H and O–H groups in total. The van der Waals surface area contributed by atoms with Crippen molar-refractivity contribution in [2.24, 2.45) is 0 Å². The first kappa shape index (κ1) is 14.2. The summed E-state index contributed by atoms with van der Waals surface area (Å²) in [7, 11) is 2.25. The quantitative estimate of drug-likeness (QED) is 0.862. The SMILES string of the molecule is CN(Cc1cccc2cccnc12)C1CSCCSC1. The monoisotopic (exact) mass is 304 g/mol. The van der Waals surface area contributed by atoms with Crippen LogP contribution in [-0.4, -0.2) is 46.0 Å². The summed E-state index contributed by atoms with van der Waals surface area (Å²) >= 11 is 4.18. The smallest absolute Gasteiger partial charge is 0.0746 e. The summed E-state index contributed by atoms with van der Waals surface area (Å²) in [6.07, 6.45) is 1.89. The molecule has 0 unspecified atom stereocenters. The fraction of sp³-hybridized carbons (Fsp3) is 0.438. The Morgan fingerprint density at radius 1 is 1.15 bits per heavy atom. The zero-order chi connectivity index (χ0) is 13.8. The maximum Gasteiger partial charge on any atom is 0.0746 e. The topological polar surface area (TPSA) is 16.1 Å². The molecular formula is C16H20N2S2. The van der Waals surface area contributed by atoms with Gasteiger partial charge in [0.05, 0.1) is 5.52 Å². The van der Waals surface area contributed by atoms with Crippen LogP contribution in [0.15, 0.2) is 36.5 Å². The fourth-order valence-corrected chi connectivity index (χ4v) is 5.27. The number of para-hydroxylation sites is 1. The molecule has 1 aliphatic heterocycles. The van der Waals surface area contributed by atoms with Crippen LogP contribution in [0.25, 0.3) is 10.9 Å². The van der Waals surface area contributed by atoms with Crippen LogP contribution in [0.1, 0.15) is 5.56 Å². The lowest BCUT2D eigenvalue weighted by atomic mass is 10.1. The molecule has 2 heterocycles.